The zero-order chi connectivity index (χ0) is 29.8. The fourth-order valence-electron chi connectivity index (χ4n) is 3.86. The third-order valence-electron chi connectivity index (χ3n) is 5.57. The van der Waals surface area contributed by atoms with Crippen LogP contribution in [-0.4, -0.2) is 87.4 Å². The zero-order valence-electron chi connectivity index (χ0n) is 22.9. The van der Waals surface area contributed by atoms with Gasteiger partial charge in [0.25, 0.3) is 0 Å². The molecule has 2 rings (SSSR count). The molecule has 0 bridgehead atoms. The fraction of sp³-hybridized carbons (Fsp3) is 0.577. The molecule has 0 aromatic heterocycles. The second-order valence-corrected chi connectivity index (χ2v) is 9.27. The normalized spacial score (nSPS) is 22.0. The van der Waals surface area contributed by atoms with Crippen molar-refractivity contribution in [3.63, 3.8) is 0 Å². The van der Waals surface area contributed by atoms with E-state index in [4.69, 9.17) is 40.0 Å². The molecule has 0 saturated carbocycles. The van der Waals surface area contributed by atoms with Gasteiger partial charge in [0.15, 0.2) is 6.10 Å². The first-order valence-electron chi connectivity index (χ1n) is 12.4. The van der Waals surface area contributed by atoms with Gasteiger partial charge in [-0.05, 0) is 37.1 Å². The molecular weight excluding hydrogens is 554 g/mol. The third-order valence-corrected chi connectivity index (χ3v) is 5.81. The number of nitrogens with one attached hydrogen (secondary N) is 1. The van der Waals surface area contributed by atoms with Gasteiger partial charge < -0.3 is 38.5 Å². The van der Waals surface area contributed by atoms with Crippen LogP contribution in [0.4, 0.5) is 0 Å². The quantitative estimate of drug-likeness (QED) is 0.202. The van der Waals surface area contributed by atoms with Gasteiger partial charge in [0.05, 0.1) is 13.7 Å². The number of aryl methyl sites for hydroxylation is 1. The fourth-order valence-corrected chi connectivity index (χ4v) is 4.08. The van der Waals surface area contributed by atoms with E-state index in [9.17, 15) is 24.0 Å². The predicted octanol–water partition coefficient (Wildman–Crippen LogP) is 1.63. The van der Waals surface area contributed by atoms with Crippen molar-refractivity contribution in [2.75, 3.05) is 26.9 Å². The minimum absolute atomic E-state index is 0.00520. The summed E-state index contributed by atoms with van der Waals surface area (Å²) >= 11 is 5.96. The van der Waals surface area contributed by atoms with E-state index in [1.54, 1.807) is 18.2 Å². The molecule has 1 aromatic rings. The molecule has 1 fully saturated rings. The summed E-state index contributed by atoms with van der Waals surface area (Å²) in [6.45, 7) is 4.50. The number of hydrogen-bond donors (Lipinski definition) is 1. The highest BCUT2D eigenvalue weighted by atomic mass is 35.5. The number of benzene rings is 1. The number of amides is 1. The lowest BCUT2D eigenvalue weighted by molar-refractivity contribution is -0.274. The van der Waals surface area contributed by atoms with E-state index < -0.39 is 73.6 Å². The van der Waals surface area contributed by atoms with Crippen LogP contribution < -0.4 is 10.1 Å². The van der Waals surface area contributed by atoms with E-state index in [1.807, 2.05) is 6.92 Å². The molecule has 1 aliphatic rings. The molecule has 14 heteroatoms. The monoisotopic (exact) mass is 587 g/mol. The Hall–Kier alpha value is -3.42. The van der Waals surface area contributed by atoms with Gasteiger partial charge >= 0.3 is 23.9 Å². The summed E-state index contributed by atoms with van der Waals surface area (Å²) in [5, 5.41) is 3.26. The van der Waals surface area contributed by atoms with E-state index in [2.05, 4.69) is 10.1 Å². The predicted molar refractivity (Wildman–Crippen MR) is 137 cm³/mol. The summed E-state index contributed by atoms with van der Waals surface area (Å²) in [6.07, 6.45) is -4.83. The summed E-state index contributed by atoms with van der Waals surface area (Å²) in [5.74, 6) is -2.76. The first kappa shape index (κ1) is 32.8. The largest absolute Gasteiger partial charge is 0.493 e. The van der Waals surface area contributed by atoms with E-state index in [1.165, 1.54) is 6.92 Å². The van der Waals surface area contributed by atoms with Crippen LogP contribution in [0.25, 0.3) is 0 Å². The number of esters is 4. The van der Waals surface area contributed by atoms with Gasteiger partial charge in [0, 0.05) is 32.2 Å². The molecule has 5 unspecified atom stereocenters. The Balaban J connectivity index is 2.21. The maximum atomic E-state index is 12.9. The summed E-state index contributed by atoms with van der Waals surface area (Å²) < 4.78 is 37.5. The van der Waals surface area contributed by atoms with E-state index in [0.717, 1.165) is 26.5 Å². The second kappa shape index (κ2) is 16.0. The van der Waals surface area contributed by atoms with E-state index in [0.29, 0.717) is 17.2 Å². The Labute approximate surface area is 236 Å². The van der Waals surface area contributed by atoms with Crippen LogP contribution >= 0.6 is 11.6 Å². The first-order chi connectivity index (χ1) is 18.9. The smallest absolute Gasteiger partial charge is 0.331 e. The molecule has 0 spiro atoms. The van der Waals surface area contributed by atoms with Gasteiger partial charge in [-0.1, -0.05) is 11.6 Å². The molecule has 1 amide bonds. The number of rotatable bonds is 13. The van der Waals surface area contributed by atoms with Crippen LogP contribution in [0.3, 0.4) is 0 Å². The number of methoxy groups -OCH3 is 1. The molecule has 1 saturated heterocycles. The Morgan fingerprint density at radius 2 is 1.70 bits per heavy atom. The second-order valence-electron chi connectivity index (χ2n) is 8.84. The lowest BCUT2D eigenvalue weighted by atomic mass is 9.96. The summed E-state index contributed by atoms with van der Waals surface area (Å²) in [4.78, 5) is 60.0. The minimum atomic E-state index is -1.44. The highest BCUT2D eigenvalue weighted by Crippen LogP contribution is 2.28. The molecule has 0 radical (unpaired) electrons. The summed E-state index contributed by atoms with van der Waals surface area (Å²) in [5.41, 5.74) is 0.839. The molecular formula is C26H34ClNO12. The van der Waals surface area contributed by atoms with Gasteiger partial charge in [-0.25, -0.2) is 4.79 Å². The Morgan fingerprint density at radius 3 is 2.30 bits per heavy atom. The maximum Gasteiger partial charge on any atom is 0.331 e. The van der Waals surface area contributed by atoms with Gasteiger partial charge in [0.1, 0.15) is 37.2 Å². The number of hydrogen-bond acceptors (Lipinski definition) is 12. The van der Waals surface area contributed by atoms with Crippen molar-refractivity contribution in [3.05, 3.63) is 28.8 Å². The van der Waals surface area contributed by atoms with Crippen molar-refractivity contribution in [2.24, 2.45) is 0 Å². The molecule has 1 heterocycles. The van der Waals surface area contributed by atoms with Crippen LogP contribution in [0.2, 0.25) is 5.02 Å². The molecule has 1 N–H and O–H groups in total. The standard InChI is InChI=1S/C26H34ClNO12/c1-14-11-18(27)8-9-19(14)35-10-6-7-21(32)28-23-25(37-13-22(33)34-5)24(38-16(3)30)20(12-36-15(2)29)40-26(23)39-17(4)31/h8-9,11,20,23-26H,6-7,10,12-13H2,1-5H3,(H,28,32). The molecule has 1 aliphatic heterocycles. The zero-order valence-corrected chi connectivity index (χ0v) is 23.7. The highest BCUT2D eigenvalue weighted by molar-refractivity contribution is 6.30. The Morgan fingerprint density at radius 1 is 1.00 bits per heavy atom. The minimum Gasteiger partial charge on any atom is -0.493 e. The van der Waals surface area contributed by atoms with Crippen molar-refractivity contribution in [2.45, 2.75) is 71.2 Å². The lowest BCUT2D eigenvalue weighted by Gasteiger charge is -2.44. The lowest BCUT2D eigenvalue weighted by Crippen LogP contribution is -2.66. The van der Waals surface area contributed by atoms with Crippen LogP contribution in [0, 0.1) is 6.92 Å². The van der Waals surface area contributed by atoms with Gasteiger partial charge in [-0.2, -0.15) is 0 Å². The van der Waals surface area contributed by atoms with Crippen LogP contribution in [0.15, 0.2) is 18.2 Å². The first-order valence-corrected chi connectivity index (χ1v) is 12.8. The molecule has 1 aromatic carbocycles. The van der Waals surface area contributed by atoms with Gasteiger partial charge in [0.2, 0.25) is 12.2 Å². The van der Waals surface area contributed by atoms with Crippen LogP contribution in [-0.2, 0) is 52.4 Å². The Kier molecular flexibility index (Phi) is 13.1. The molecule has 13 nitrogen and oxygen atoms in total. The van der Waals surface area contributed by atoms with Crippen molar-refractivity contribution in [1.82, 2.24) is 5.32 Å². The average molecular weight is 588 g/mol. The third kappa shape index (κ3) is 10.6. The molecule has 0 aliphatic carbocycles. The molecule has 222 valence electrons. The number of halogens is 1. The topological polar surface area (TPSA) is 162 Å². The van der Waals surface area contributed by atoms with Gasteiger partial charge in [-0.15, -0.1) is 0 Å². The number of ether oxygens (including phenoxy) is 7. The van der Waals surface area contributed by atoms with Crippen molar-refractivity contribution in [1.29, 1.82) is 0 Å². The number of carbonyl (C=O) groups is 5. The molecule has 5 atom stereocenters. The van der Waals surface area contributed by atoms with Gasteiger partial charge in [-0.3, -0.25) is 19.2 Å². The van der Waals surface area contributed by atoms with Crippen molar-refractivity contribution < 1.29 is 57.1 Å². The summed E-state index contributed by atoms with van der Waals surface area (Å²) in [6, 6.07) is 3.95. The SMILES string of the molecule is COC(=O)COC1C(NC(=O)CCCOc2ccc(Cl)cc2C)C(OC(C)=O)OC(COC(C)=O)C1OC(C)=O. The highest BCUT2D eigenvalue weighted by Gasteiger charge is 2.51. The average Bonchev–Trinajstić information content (AvgIpc) is 2.86. The number of carbonyl (C=O) groups excluding carboxylic acids is 5. The molecule has 40 heavy (non-hydrogen) atoms. The van der Waals surface area contributed by atoms with Crippen LogP contribution in [0.1, 0.15) is 39.2 Å². The van der Waals surface area contributed by atoms with E-state index in [-0.39, 0.29) is 13.0 Å². The van der Waals surface area contributed by atoms with Crippen molar-refractivity contribution in [3.8, 4) is 5.75 Å². The van der Waals surface area contributed by atoms with Crippen LogP contribution in [0.5, 0.6) is 5.75 Å². The summed E-state index contributed by atoms with van der Waals surface area (Å²) in [7, 11) is 1.15. The van der Waals surface area contributed by atoms with Crippen molar-refractivity contribution >= 4 is 41.4 Å². The Bertz CT molecular complexity index is 1060. The van der Waals surface area contributed by atoms with E-state index >= 15 is 0 Å². The maximum absolute atomic E-state index is 12.9.